The van der Waals surface area contributed by atoms with E-state index in [0.29, 0.717) is 19.4 Å². The molecular formula is C42H63N3O9. The van der Waals surface area contributed by atoms with Crippen molar-refractivity contribution in [2.75, 3.05) is 38.8 Å². The summed E-state index contributed by atoms with van der Waals surface area (Å²) in [6.45, 7) is 15.6. The highest BCUT2D eigenvalue weighted by atomic mass is 16.7. The fourth-order valence-corrected chi connectivity index (χ4v) is 8.86. The van der Waals surface area contributed by atoms with Crippen LogP contribution in [0.2, 0.25) is 0 Å². The fourth-order valence-electron chi connectivity index (χ4n) is 8.86. The Balaban J connectivity index is 1.68. The van der Waals surface area contributed by atoms with Crippen LogP contribution in [0, 0.1) is 17.8 Å². The second kappa shape index (κ2) is 17.4. The van der Waals surface area contributed by atoms with Crippen LogP contribution in [0.25, 0.3) is 10.9 Å². The van der Waals surface area contributed by atoms with Crippen molar-refractivity contribution >= 4 is 28.3 Å². The molecule has 1 aromatic carbocycles. The maximum atomic E-state index is 14.4. The van der Waals surface area contributed by atoms with Gasteiger partial charge in [-0.1, -0.05) is 51.1 Å². The summed E-state index contributed by atoms with van der Waals surface area (Å²) in [5.41, 5.74) is -1.07. The van der Waals surface area contributed by atoms with Gasteiger partial charge in [0.25, 0.3) is 0 Å². The van der Waals surface area contributed by atoms with E-state index < -0.39 is 71.5 Å². The lowest BCUT2D eigenvalue weighted by molar-refractivity contribution is -0.296. The molecule has 3 aliphatic heterocycles. The summed E-state index contributed by atoms with van der Waals surface area (Å²) >= 11 is 0. The lowest BCUT2D eigenvalue weighted by Gasteiger charge is -2.47. The predicted octanol–water partition coefficient (Wildman–Crippen LogP) is 4.93. The third-order valence-electron chi connectivity index (χ3n) is 11.8. The Hall–Kier alpha value is -2.97. The highest BCUT2D eigenvalue weighted by Crippen LogP contribution is 2.39. The first-order valence-corrected chi connectivity index (χ1v) is 19.6. The number of fused-ring (bicyclic) bond motifs is 7. The highest BCUT2D eigenvalue weighted by molar-refractivity contribution is 6.00. The molecular weight excluding hydrogens is 690 g/mol. The third kappa shape index (κ3) is 9.01. The van der Waals surface area contributed by atoms with Gasteiger partial charge in [0.1, 0.15) is 29.8 Å². The second-order valence-corrected chi connectivity index (χ2v) is 16.5. The van der Waals surface area contributed by atoms with Crippen LogP contribution in [-0.4, -0.2) is 126 Å². The van der Waals surface area contributed by atoms with Crippen LogP contribution in [0.3, 0.4) is 0 Å². The standard InChI is InChI=1S/C42H63N3O9/c1-11-34-42(8,49)38-29(6)45(31-21-30-16-12-13-17-32(30)43-23-31)24-25(2)22-41(7,51-19-15-14-18-50-38)37(27(4)35(46)28(5)39(48)53-34)54-40-36(47)33(44(9)10)20-26(3)52-40/h12-17,21,23,25-29,33-34,36-38,40,47,49H,11,18-20,22,24H2,1-10H3/b15-14-/t25-,26-,27+,28?,29-,33+,34-,36-,37-,38-,40+,41-,42-/m1/s1. The van der Waals surface area contributed by atoms with E-state index >= 15 is 0 Å². The minimum Gasteiger partial charge on any atom is -0.459 e. The summed E-state index contributed by atoms with van der Waals surface area (Å²) in [5, 5.41) is 25.0. The number of cyclic esters (lactones) is 1. The van der Waals surface area contributed by atoms with Gasteiger partial charge in [0.15, 0.2) is 12.1 Å². The molecule has 3 aliphatic rings. The number of ketones is 1. The summed E-state index contributed by atoms with van der Waals surface area (Å²) in [5.74, 6) is -3.28. The first-order chi connectivity index (χ1) is 25.5. The van der Waals surface area contributed by atoms with Crippen LogP contribution in [0.15, 0.2) is 48.7 Å². The van der Waals surface area contributed by atoms with E-state index in [2.05, 4.69) is 17.9 Å². The number of aromatic nitrogens is 1. The number of ether oxygens (including phenoxy) is 5. The number of nitrogens with zero attached hydrogens (tertiary/aromatic N) is 3. The molecule has 2 saturated heterocycles. The van der Waals surface area contributed by atoms with Crippen molar-refractivity contribution in [1.29, 1.82) is 0 Å². The Labute approximate surface area is 321 Å². The van der Waals surface area contributed by atoms with Crippen LogP contribution < -0.4 is 4.90 Å². The smallest absolute Gasteiger partial charge is 0.316 e. The van der Waals surface area contributed by atoms with Crippen molar-refractivity contribution in [2.24, 2.45) is 17.8 Å². The molecule has 12 nitrogen and oxygen atoms in total. The van der Waals surface area contributed by atoms with E-state index in [1.54, 1.807) is 13.8 Å². The van der Waals surface area contributed by atoms with Gasteiger partial charge < -0.3 is 43.7 Å². The maximum Gasteiger partial charge on any atom is 0.316 e. The summed E-state index contributed by atoms with van der Waals surface area (Å²) in [6, 6.07) is 9.33. The number of para-hydroxylation sites is 1. The van der Waals surface area contributed by atoms with Crippen LogP contribution in [0.5, 0.6) is 0 Å². The number of rotatable bonds is 5. The normalized spacial score (nSPS) is 39.9. The quantitative estimate of drug-likeness (QED) is 0.243. The van der Waals surface area contributed by atoms with Gasteiger partial charge in [-0.3, -0.25) is 14.6 Å². The first-order valence-electron chi connectivity index (χ1n) is 19.6. The van der Waals surface area contributed by atoms with E-state index in [1.165, 1.54) is 6.92 Å². The molecule has 0 radical (unpaired) electrons. The molecule has 0 spiro atoms. The molecule has 5 rings (SSSR count). The molecule has 1 unspecified atom stereocenters. The summed E-state index contributed by atoms with van der Waals surface area (Å²) in [6.07, 6.45) is 1.82. The molecule has 0 amide bonds. The third-order valence-corrected chi connectivity index (χ3v) is 11.8. The number of esters is 1. The van der Waals surface area contributed by atoms with Gasteiger partial charge in [-0.05, 0) is 86.0 Å². The van der Waals surface area contributed by atoms with Crippen molar-refractivity contribution in [2.45, 2.75) is 135 Å². The summed E-state index contributed by atoms with van der Waals surface area (Å²) in [7, 11) is 3.82. The lowest BCUT2D eigenvalue weighted by atomic mass is 9.78. The summed E-state index contributed by atoms with van der Waals surface area (Å²) < 4.78 is 32.5. The summed E-state index contributed by atoms with van der Waals surface area (Å²) in [4.78, 5) is 37.3. The largest absolute Gasteiger partial charge is 0.459 e. The Morgan fingerprint density at radius 2 is 1.76 bits per heavy atom. The SMILES string of the molecule is CC[C@H]1OC(=O)C(C)C(=O)[C@H](C)[C@@H](O[C@@H]2O[C@H](C)C[C@H](N(C)C)[C@H]2O)[C@@]2(C)C[C@@H](C)CN(c3cnc4ccccc4c3)[C@H](C)[C@@H](OC/C=C\CO2)[C@]1(C)O. The van der Waals surface area contributed by atoms with Gasteiger partial charge in [0.2, 0.25) is 0 Å². The topological polar surface area (TPSA) is 140 Å². The molecule has 13 atom stereocenters. The molecule has 54 heavy (non-hydrogen) atoms. The molecule has 2 bridgehead atoms. The Morgan fingerprint density at radius 1 is 1.06 bits per heavy atom. The Kier molecular flexibility index (Phi) is 13.6. The molecule has 300 valence electrons. The lowest BCUT2D eigenvalue weighted by Crippen LogP contribution is -2.61. The van der Waals surface area contributed by atoms with E-state index in [4.69, 9.17) is 28.7 Å². The number of benzene rings is 1. The zero-order valence-corrected chi connectivity index (χ0v) is 33.8. The molecule has 1 aromatic heterocycles. The number of carbonyl (C=O) groups excluding carboxylic acids is 2. The first kappa shape index (κ1) is 42.2. The average molecular weight is 754 g/mol. The number of hydrogen-bond acceptors (Lipinski definition) is 12. The molecule has 12 heteroatoms. The van der Waals surface area contributed by atoms with Gasteiger partial charge in [-0.2, -0.15) is 0 Å². The molecule has 4 heterocycles. The van der Waals surface area contributed by atoms with Gasteiger partial charge in [0.05, 0.1) is 54.5 Å². The second-order valence-electron chi connectivity index (χ2n) is 16.5. The van der Waals surface area contributed by atoms with E-state index in [0.717, 1.165) is 16.6 Å². The number of aliphatic hydroxyl groups excluding tert-OH is 1. The van der Waals surface area contributed by atoms with Crippen LogP contribution >= 0.6 is 0 Å². The molecule has 0 aliphatic carbocycles. The Bertz CT molecular complexity index is 1620. The monoisotopic (exact) mass is 753 g/mol. The van der Waals surface area contributed by atoms with Gasteiger partial charge in [0, 0.05) is 23.9 Å². The van der Waals surface area contributed by atoms with Gasteiger partial charge in [-0.25, -0.2) is 0 Å². The molecule has 0 saturated carbocycles. The number of hydrogen-bond donors (Lipinski definition) is 2. The molecule has 2 aromatic rings. The van der Waals surface area contributed by atoms with E-state index in [9.17, 15) is 19.8 Å². The zero-order valence-electron chi connectivity index (χ0n) is 33.8. The van der Waals surface area contributed by atoms with Crippen molar-refractivity contribution in [3.63, 3.8) is 0 Å². The average Bonchev–Trinajstić information content (AvgIpc) is 3.14. The molecule has 2 N–H and O–H groups in total. The number of Topliss-reactive ketones (excluding diaryl/α,β-unsaturated/α-hetero) is 1. The minimum atomic E-state index is -1.66. The number of pyridine rings is 1. The minimum absolute atomic E-state index is 0.0827. The van der Waals surface area contributed by atoms with Gasteiger partial charge >= 0.3 is 5.97 Å². The number of likely N-dealkylation sites (N-methyl/N-ethyl adjacent to an activating group) is 1. The van der Waals surface area contributed by atoms with Crippen LogP contribution in [0.4, 0.5) is 5.69 Å². The van der Waals surface area contributed by atoms with Crippen molar-refractivity contribution in [3.05, 3.63) is 48.7 Å². The Morgan fingerprint density at radius 3 is 2.46 bits per heavy atom. The molecule has 2 fully saturated rings. The van der Waals surface area contributed by atoms with E-state index in [1.807, 2.05) is 89.3 Å². The van der Waals surface area contributed by atoms with Crippen molar-refractivity contribution in [3.8, 4) is 0 Å². The highest BCUT2D eigenvalue weighted by Gasteiger charge is 2.51. The maximum absolute atomic E-state index is 14.4. The van der Waals surface area contributed by atoms with E-state index in [-0.39, 0.29) is 37.7 Å². The fraction of sp³-hybridized carbons (Fsp3) is 0.690. The predicted molar refractivity (Wildman–Crippen MR) is 207 cm³/mol. The number of anilines is 1. The van der Waals surface area contributed by atoms with Crippen LogP contribution in [0.1, 0.15) is 74.7 Å². The van der Waals surface area contributed by atoms with Crippen LogP contribution in [-0.2, 0) is 33.3 Å². The zero-order chi connectivity index (χ0) is 39.5. The number of carbonyl (C=O) groups is 2. The van der Waals surface area contributed by atoms with Crippen molar-refractivity contribution < 1.29 is 43.5 Å². The van der Waals surface area contributed by atoms with Crippen molar-refractivity contribution in [1.82, 2.24) is 9.88 Å². The number of aliphatic hydroxyl groups is 2. The van der Waals surface area contributed by atoms with Gasteiger partial charge in [-0.15, -0.1) is 0 Å².